The highest BCUT2D eigenvalue weighted by atomic mass is 16.5. The van der Waals surface area contributed by atoms with Crippen molar-refractivity contribution in [3.8, 4) is 5.75 Å². The molecule has 1 fully saturated rings. The summed E-state index contributed by atoms with van der Waals surface area (Å²) in [5.74, 6) is 0.982. The Balaban J connectivity index is 1.91. The van der Waals surface area contributed by atoms with Crippen LogP contribution in [0.2, 0.25) is 0 Å². The van der Waals surface area contributed by atoms with Gasteiger partial charge in [0.05, 0.1) is 6.61 Å². The van der Waals surface area contributed by atoms with Crippen molar-refractivity contribution in [1.29, 1.82) is 0 Å². The number of hydrogen-bond donors (Lipinski definition) is 1. The Kier molecular flexibility index (Phi) is 6.34. The van der Waals surface area contributed by atoms with E-state index in [-0.39, 0.29) is 0 Å². The fraction of sp³-hybridized carbons (Fsp3) is 0.647. The lowest BCUT2D eigenvalue weighted by molar-refractivity contribution is 0.210. The van der Waals surface area contributed by atoms with Gasteiger partial charge in [-0.05, 0) is 56.3 Å². The quantitative estimate of drug-likeness (QED) is 0.792. The third-order valence-corrected chi connectivity index (χ3v) is 3.95. The van der Waals surface area contributed by atoms with E-state index in [0.717, 1.165) is 38.2 Å². The molecule has 112 valence electrons. The molecule has 0 saturated carbocycles. The van der Waals surface area contributed by atoms with E-state index in [1.165, 1.54) is 24.9 Å². The van der Waals surface area contributed by atoms with E-state index in [1.807, 2.05) is 6.07 Å². The highest BCUT2D eigenvalue weighted by Crippen LogP contribution is 2.24. The fourth-order valence-electron chi connectivity index (χ4n) is 2.95. The lowest BCUT2D eigenvalue weighted by Crippen LogP contribution is -2.29. The maximum absolute atomic E-state index is 8.99. The van der Waals surface area contributed by atoms with Crippen LogP contribution < -0.4 is 4.74 Å². The second-order valence-electron chi connectivity index (χ2n) is 5.63. The molecule has 1 saturated heterocycles. The standard InChI is InChI=1S/C17H27NO2/c1-2-12-20-17-9-3-6-15(13-17)14-18-10-4-7-16(18)8-5-11-19/h3,6,9,13,16,19H,2,4-5,7-8,10-12,14H2,1H3. The Labute approximate surface area is 122 Å². The van der Waals surface area contributed by atoms with Gasteiger partial charge in [-0.2, -0.15) is 0 Å². The molecule has 0 radical (unpaired) electrons. The molecule has 0 bridgehead atoms. The van der Waals surface area contributed by atoms with Crippen molar-refractivity contribution >= 4 is 0 Å². The number of ether oxygens (including phenoxy) is 1. The third kappa shape index (κ3) is 4.50. The number of nitrogens with zero attached hydrogens (tertiary/aromatic N) is 1. The van der Waals surface area contributed by atoms with E-state index in [2.05, 4.69) is 30.0 Å². The molecule has 1 aliphatic rings. The number of likely N-dealkylation sites (tertiary alicyclic amines) is 1. The van der Waals surface area contributed by atoms with Gasteiger partial charge in [-0.15, -0.1) is 0 Å². The van der Waals surface area contributed by atoms with Crippen LogP contribution in [0.15, 0.2) is 24.3 Å². The number of hydrogen-bond acceptors (Lipinski definition) is 3. The van der Waals surface area contributed by atoms with Crippen LogP contribution >= 0.6 is 0 Å². The summed E-state index contributed by atoms with van der Waals surface area (Å²) < 4.78 is 5.70. The first kappa shape index (κ1) is 15.3. The normalized spacial score (nSPS) is 19.4. The number of aliphatic hydroxyl groups excluding tert-OH is 1. The summed E-state index contributed by atoms with van der Waals surface area (Å²) in [7, 11) is 0. The molecule has 3 nitrogen and oxygen atoms in total. The highest BCUT2D eigenvalue weighted by molar-refractivity contribution is 5.28. The summed E-state index contributed by atoms with van der Waals surface area (Å²) in [5.41, 5.74) is 1.33. The van der Waals surface area contributed by atoms with E-state index in [1.54, 1.807) is 0 Å². The van der Waals surface area contributed by atoms with Crippen molar-refractivity contribution in [2.75, 3.05) is 19.8 Å². The molecule has 1 aromatic rings. The molecule has 3 heteroatoms. The van der Waals surface area contributed by atoms with Crippen molar-refractivity contribution in [2.45, 2.75) is 51.6 Å². The van der Waals surface area contributed by atoms with Gasteiger partial charge in [0, 0.05) is 19.2 Å². The van der Waals surface area contributed by atoms with Crippen LogP contribution in [0, 0.1) is 0 Å². The van der Waals surface area contributed by atoms with E-state index >= 15 is 0 Å². The van der Waals surface area contributed by atoms with E-state index in [4.69, 9.17) is 9.84 Å². The van der Waals surface area contributed by atoms with Crippen molar-refractivity contribution in [2.24, 2.45) is 0 Å². The molecule has 0 spiro atoms. The predicted octanol–water partition coefficient (Wildman–Crippen LogP) is 3.21. The van der Waals surface area contributed by atoms with Gasteiger partial charge in [0.25, 0.3) is 0 Å². The molecule has 1 aliphatic heterocycles. The average Bonchev–Trinajstić information content (AvgIpc) is 2.90. The van der Waals surface area contributed by atoms with Gasteiger partial charge in [-0.1, -0.05) is 19.1 Å². The summed E-state index contributed by atoms with van der Waals surface area (Å²) in [5, 5.41) is 8.99. The largest absolute Gasteiger partial charge is 0.494 e. The Bertz CT molecular complexity index is 394. The first-order valence-corrected chi connectivity index (χ1v) is 7.90. The maximum atomic E-state index is 8.99. The van der Waals surface area contributed by atoms with E-state index in [9.17, 15) is 0 Å². The van der Waals surface area contributed by atoms with Gasteiger partial charge in [0.2, 0.25) is 0 Å². The average molecular weight is 277 g/mol. The molecule has 0 aliphatic carbocycles. The zero-order valence-corrected chi connectivity index (χ0v) is 12.6. The molecule has 20 heavy (non-hydrogen) atoms. The molecule has 1 unspecified atom stereocenters. The van der Waals surface area contributed by atoms with Crippen LogP contribution in [-0.2, 0) is 6.54 Å². The van der Waals surface area contributed by atoms with Gasteiger partial charge >= 0.3 is 0 Å². The maximum Gasteiger partial charge on any atom is 0.119 e. The lowest BCUT2D eigenvalue weighted by Gasteiger charge is -2.24. The monoisotopic (exact) mass is 277 g/mol. The van der Waals surface area contributed by atoms with Gasteiger partial charge in [-0.25, -0.2) is 0 Å². The number of benzene rings is 1. The van der Waals surface area contributed by atoms with Crippen molar-refractivity contribution in [3.05, 3.63) is 29.8 Å². The summed E-state index contributed by atoms with van der Waals surface area (Å²) in [4.78, 5) is 2.55. The molecular weight excluding hydrogens is 250 g/mol. The highest BCUT2D eigenvalue weighted by Gasteiger charge is 2.23. The second-order valence-corrected chi connectivity index (χ2v) is 5.63. The minimum absolute atomic E-state index is 0.310. The lowest BCUT2D eigenvalue weighted by atomic mass is 10.1. The first-order valence-electron chi connectivity index (χ1n) is 7.90. The second kappa shape index (κ2) is 8.28. The van der Waals surface area contributed by atoms with E-state index in [0.29, 0.717) is 12.6 Å². The van der Waals surface area contributed by atoms with E-state index < -0.39 is 0 Å². The van der Waals surface area contributed by atoms with Crippen LogP contribution in [0.25, 0.3) is 0 Å². The van der Waals surface area contributed by atoms with Crippen LogP contribution in [0.5, 0.6) is 5.75 Å². The molecule has 0 amide bonds. The van der Waals surface area contributed by atoms with Crippen LogP contribution in [0.1, 0.15) is 44.6 Å². The van der Waals surface area contributed by atoms with Gasteiger partial charge in [0.15, 0.2) is 0 Å². The van der Waals surface area contributed by atoms with Crippen molar-refractivity contribution in [1.82, 2.24) is 4.90 Å². The Morgan fingerprint density at radius 3 is 3.10 bits per heavy atom. The Morgan fingerprint density at radius 2 is 2.30 bits per heavy atom. The SMILES string of the molecule is CCCOc1cccc(CN2CCCC2CCCO)c1. The Morgan fingerprint density at radius 1 is 1.40 bits per heavy atom. The molecular formula is C17H27NO2. The molecule has 1 heterocycles. The zero-order chi connectivity index (χ0) is 14.2. The minimum Gasteiger partial charge on any atom is -0.494 e. The van der Waals surface area contributed by atoms with Crippen LogP contribution in [-0.4, -0.2) is 35.8 Å². The summed E-state index contributed by atoms with van der Waals surface area (Å²) in [6.07, 6.45) is 5.62. The fourth-order valence-corrected chi connectivity index (χ4v) is 2.95. The zero-order valence-electron chi connectivity index (χ0n) is 12.6. The molecule has 0 aromatic heterocycles. The summed E-state index contributed by atoms with van der Waals surface area (Å²) >= 11 is 0. The first-order chi connectivity index (χ1) is 9.83. The topological polar surface area (TPSA) is 32.7 Å². The predicted molar refractivity (Wildman–Crippen MR) is 82.0 cm³/mol. The molecule has 1 N–H and O–H groups in total. The molecule has 1 atom stereocenters. The minimum atomic E-state index is 0.310. The van der Waals surface area contributed by atoms with Gasteiger partial charge in [0.1, 0.15) is 5.75 Å². The molecule has 2 rings (SSSR count). The summed E-state index contributed by atoms with van der Waals surface area (Å²) in [6, 6.07) is 9.10. The third-order valence-electron chi connectivity index (χ3n) is 3.95. The summed E-state index contributed by atoms with van der Waals surface area (Å²) in [6.45, 7) is 5.40. The van der Waals surface area contributed by atoms with Gasteiger partial charge < -0.3 is 9.84 Å². The van der Waals surface area contributed by atoms with Crippen molar-refractivity contribution < 1.29 is 9.84 Å². The smallest absolute Gasteiger partial charge is 0.119 e. The van der Waals surface area contributed by atoms with Crippen LogP contribution in [0.4, 0.5) is 0 Å². The number of aliphatic hydroxyl groups is 1. The molecule has 1 aromatic carbocycles. The Hall–Kier alpha value is -1.06. The van der Waals surface area contributed by atoms with Crippen molar-refractivity contribution in [3.63, 3.8) is 0 Å². The number of rotatable bonds is 8. The van der Waals surface area contributed by atoms with Gasteiger partial charge in [-0.3, -0.25) is 4.90 Å². The van der Waals surface area contributed by atoms with Crippen LogP contribution in [0.3, 0.4) is 0 Å².